The summed E-state index contributed by atoms with van der Waals surface area (Å²) in [7, 11) is 1.49. The van der Waals surface area contributed by atoms with E-state index in [1.54, 1.807) is 0 Å². The fraction of sp³-hybridized carbons (Fsp3) is 0.333. The molecule has 0 fully saturated rings. The van der Waals surface area contributed by atoms with E-state index in [-0.39, 0.29) is 0 Å². The van der Waals surface area contributed by atoms with Crippen LogP contribution in [-0.2, 0) is 0 Å². The van der Waals surface area contributed by atoms with Gasteiger partial charge in [-0.25, -0.2) is 0 Å². The summed E-state index contributed by atoms with van der Waals surface area (Å²) in [6.45, 7) is 0. The molecular formula is C3H4N4O. The van der Waals surface area contributed by atoms with Crippen LogP contribution < -0.4 is 4.74 Å². The van der Waals surface area contributed by atoms with E-state index in [2.05, 4.69) is 25.4 Å². The second kappa shape index (κ2) is 2.15. The highest BCUT2D eigenvalue weighted by Gasteiger charge is 1.86. The molecule has 1 aromatic rings. The normalized spacial score (nSPS) is 8.62. The molecule has 0 aliphatic rings. The third-order valence-corrected chi connectivity index (χ3v) is 0.612. The van der Waals surface area contributed by atoms with Gasteiger partial charge < -0.3 is 4.74 Å². The van der Waals surface area contributed by atoms with E-state index in [0.29, 0.717) is 5.88 Å². The lowest BCUT2D eigenvalue weighted by molar-refractivity contribution is 0.383. The van der Waals surface area contributed by atoms with E-state index in [9.17, 15) is 0 Å². The quantitative estimate of drug-likeness (QED) is 0.479. The van der Waals surface area contributed by atoms with Crippen LogP contribution >= 0.6 is 0 Å². The Balaban J connectivity index is 2.83. The van der Waals surface area contributed by atoms with Crippen LogP contribution in [0.2, 0.25) is 0 Å². The molecule has 1 aromatic heterocycles. The number of ether oxygens (including phenoxy) is 1. The predicted octanol–water partition coefficient (Wildman–Crippen LogP) is -0.725. The lowest BCUT2D eigenvalue weighted by Gasteiger charge is -1.89. The molecule has 0 amide bonds. The molecule has 8 heavy (non-hydrogen) atoms. The summed E-state index contributed by atoms with van der Waals surface area (Å²) >= 11 is 0. The van der Waals surface area contributed by atoms with Crippen LogP contribution in [0.15, 0.2) is 6.20 Å². The molecule has 0 saturated heterocycles. The summed E-state index contributed by atoms with van der Waals surface area (Å²) in [5, 5.41) is 13.3. The molecule has 5 heteroatoms. The van der Waals surface area contributed by atoms with Crippen LogP contribution in [0.4, 0.5) is 0 Å². The standard InChI is InChI=1S/C3H4N4O/c1-8-3-2-4-6-7-5-3/h2H,1H3. The average molecular weight is 112 g/mol. The Kier molecular flexibility index (Phi) is 1.32. The first-order chi connectivity index (χ1) is 3.93. The van der Waals surface area contributed by atoms with Crippen molar-refractivity contribution in [2.45, 2.75) is 0 Å². The molecule has 0 bridgehead atoms. The summed E-state index contributed by atoms with van der Waals surface area (Å²) in [6, 6.07) is 0. The maximum absolute atomic E-state index is 4.64. The molecule has 0 atom stereocenters. The molecular weight excluding hydrogens is 108 g/mol. The van der Waals surface area contributed by atoms with Gasteiger partial charge in [0.15, 0.2) is 0 Å². The highest BCUT2D eigenvalue weighted by atomic mass is 16.5. The first kappa shape index (κ1) is 4.89. The number of aromatic nitrogens is 4. The molecule has 0 aliphatic carbocycles. The molecule has 0 aliphatic heterocycles. The molecule has 0 unspecified atom stereocenters. The van der Waals surface area contributed by atoms with Crippen LogP contribution in [0.3, 0.4) is 0 Å². The minimum atomic E-state index is 0.375. The van der Waals surface area contributed by atoms with Crippen LogP contribution in [-0.4, -0.2) is 27.7 Å². The van der Waals surface area contributed by atoms with Gasteiger partial charge in [-0.05, 0) is 10.4 Å². The third kappa shape index (κ3) is 0.868. The summed E-state index contributed by atoms with van der Waals surface area (Å²) in [5.41, 5.74) is 0. The molecule has 0 N–H and O–H groups in total. The largest absolute Gasteiger partial charge is 0.479 e. The molecule has 42 valence electrons. The van der Waals surface area contributed by atoms with E-state index in [4.69, 9.17) is 0 Å². The van der Waals surface area contributed by atoms with E-state index in [1.807, 2.05) is 0 Å². The Morgan fingerprint density at radius 3 is 2.75 bits per heavy atom. The maximum Gasteiger partial charge on any atom is 0.255 e. The minimum Gasteiger partial charge on any atom is -0.479 e. The highest BCUT2D eigenvalue weighted by Crippen LogP contribution is 1.93. The number of rotatable bonds is 1. The van der Waals surface area contributed by atoms with Crippen molar-refractivity contribution in [2.24, 2.45) is 0 Å². The van der Waals surface area contributed by atoms with Gasteiger partial charge >= 0.3 is 0 Å². The second-order valence-corrected chi connectivity index (χ2v) is 1.07. The Morgan fingerprint density at radius 1 is 1.50 bits per heavy atom. The smallest absolute Gasteiger partial charge is 0.255 e. The van der Waals surface area contributed by atoms with Crippen molar-refractivity contribution in [2.75, 3.05) is 7.11 Å². The molecule has 0 saturated carbocycles. The Labute approximate surface area is 45.7 Å². The lowest BCUT2D eigenvalue weighted by atomic mass is 10.8. The van der Waals surface area contributed by atoms with E-state index >= 15 is 0 Å². The number of hydrogen-bond donors (Lipinski definition) is 0. The van der Waals surface area contributed by atoms with Gasteiger partial charge in [-0.15, -0.1) is 5.10 Å². The average Bonchev–Trinajstić information content (AvgIpc) is 1.90. The number of methoxy groups -OCH3 is 1. The van der Waals surface area contributed by atoms with Gasteiger partial charge in [-0.3, -0.25) is 0 Å². The maximum atomic E-state index is 4.64. The molecule has 5 nitrogen and oxygen atoms in total. The van der Waals surface area contributed by atoms with Gasteiger partial charge in [0.05, 0.1) is 7.11 Å². The number of nitrogens with zero attached hydrogens (tertiary/aromatic N) is 4. The van der Waals surface area contributed by atoms with E-state index < -0.39 is 0 Å². The van der Waals surface area contributed by atoms with Crippen molar-refractivity contribution in [1.29, 1.82) is 0 Å². The van der Waals surface area contributed by atoms with Crippen LogP contribution in [0.1, 0.15) is 0 Å². The van der Waals surface area contributed by atoms with Crippen LogP contribution in [0.25, 0.3) is 0 Å². The molecule has 0 spiro atoms. The van der Waals surface area contributed by atoms with E-state index in [0.717, 1.165) is 0 Å². The van der Waals surface area contributed by atoms with Crippen molar-refractivity contribution in [1.82, 2.24) is 20.6 Å². The van der Waals surface area contributed by atoms with Crippen molar-refractivity contribution in [3.63, 3.8) is 0 Å². The zero-order valence-corrected chi connectivity index (χ0v) is 4.27. The van der Waals surface area contributed by atoms with Crippen molar-refractivity contribution in [3.05, 3.63) is 6.20 Å². The fourth-order valence-corrected chi connectivity index (χ4v) is 0.282. The summed E-state index contributed by atoms with van der Waals surface area (Å²) < 4.78 is 4.64. The minimum absolute atomic E-state index is 0.375. The van der Waals surface area contributed by atoms with Crippen LogP contribution in [0, 0.1) is 0 Å². The van der Waals surface area contributed by atoms with Gasteiger partial charge in [-0.1, -0.05) is 5.10 Å². The molecule has 1 rings (SSSR count). The summed E-state index contributed by atoms with van der Waals surface area (Å²) in [5.74, 6) is 0.375. The monoisotopic (exact) mass is 112 g/mol. The van der Waals surface area contributed by atoms with Crippen molar-refractivity contribution >= 4 is 0 Å². The van der Waals surface area contributed by atoms with Gasteiger partial charge in [0.25, 0.3) is 5.88 Å². The zero-order valence-electron chi connectivity index (χ0n) is 4.27. The predicted molar refractivity (Wildman–Crippen MR) is 24.2 cm³/mol. The first-order valence-corrected chi connectivity index (χ1v) is 1.98. The SMILES string of the molecule is COc1cnnnn1. The Bertz CT molecular complexity index is 153. The van der Waals surface area contributed by atoms with E-state index in [1.165, 1.54) is 13.3 Å². The molecule has 0 radical (unpaired) electrons. The van der Waals surface area contributed by atoms with Gasteiger partial charge in [-0.2, -0.15) is 0 Å². The van der Waals surface area contributed by atoms with Gasteiger partial charge in [0.2, 0.25) is 0 Å². The third-order valence-electron chi connectivity index (χ3n) is 0.612. The molecule has 0 aromatic carbocycles. The second-order valence-electron chi connectivity index (χ2n) is 1.07. The molecule has 1 heterocycles. The highest BCUT2D eigenvalue weighted by molar-refractivity contribution is 4.94. The van der Waals surface area contributed by atoms with Crippen molar-refractivity contribution in [3.8, 4) is 5.88 Å². The summed E-state index contributed by atoms with van der Waals surface area (Å²) in [4.78, 5) is 0. The van der Waals surface area contributed by atoms with Crippen molar-refractivity contribution < 1.29 is 4.74 Å². The zero-order chi connectivity index (χ0) is 5.82. The summed E-state index contributed by atoms with van der Waals surface area (Å²) in [6.07, 6.45) is 1.38. The lowest BCUT2D eigenvalue weighted by Crippen LogP contribution is -1.93. The van der Waals surface area contributed by atoms with Gasteiger partial charge in [0, 0.05) is 0 Å². The Hall–Kier alpha value is -1.26. The van der Waals surface area contributed by atoms with Gasteiger partial charge in [0.1, 0.15) is 6.20 Å². The number of hydrogen-bond acceptors (Lipinski definition) is 5. The Morgan fingerprint density at radius 2 is 2.38 bits per heavy atom. The topological polar surface area (TPSA) is 60.8 Å². The fourth-order valence-electron chi connectivity index (χ4n) is 0.282. The first-order valence-electron chi connectivity index (χ1n) is 1.98. The van der Waals surface area contributed by atoms with Crippen LogP contribution in [0.5, 0.6) is 5.88 Å².